The van der Waals surface area contributed by atoms with E-state index in [9.17, 15) is 13.6 Å². The Balaban J connectivity index is 3.74. The quantitative estimate of drug-likeness (QED) is 0.586. The van der Waals surface area contributed by atoms with E-state index in [1.165, 1.54) is 7.05 Å². The molecule has 0 saturated carbocycles. The van der Waals surface area contributed by atoms with Crippen LogP contribution in [0.5, 0.6) is 0 Å². The van der Waals surface area contributed by atoms with Gasteiger partial charge >= 0.3 is 0 Å². The Bertz CT molecular complexity index is 160. The minimum Gasteiger partial charge on any atom is -0.755 e. The molecule has 1 unspecified atom stereocenters. The zero-order valence-electron chi connectivity index (χ0n) is 6.70. The van der Waals surface area contributed by atoms with Crippen molar-refractivity contribution < 1.29 is 13.6 Å². The van der Waals surface area contributed by atoms with Crippen LogP contribution in [0.2, 0.25) is 0 Å². The average Bonchev–Trinajstić information content (AvgIpc) is 1.98. The molecular formula is C6H12NO3S-. The van der Waals surface area contributed by atoms with E-state index in [2.05, 4.69) is 0 Å². The molecular weight excluding hydrogens is 166 g/mol. The summed E-state index contributed by atoms with van der Waals surface area (Å²) in [4.78, 5) is 10.9. The van der Waals surface area contributed by atoms with Crippen LogP contribution >= 0.6 is 0 Å². The van der Waals surface area contributed by atoms with E-state index < -0.39 is 11.3 Å². The number of rotatable bonds is 4. The molecule has 0 aromatic heterocycles. The summed E-state index contributed by atoms with van der Waals surface area (Å²) in [7, 11) is 1.25. The standard InChI is InChI=1S/C6H13NO3S/c1-3-4-5-6(8)7(2)11(9)10/h3-5H2,1-2H3,(H,9,10)/p-1. The molecule has 0 radical (unpaired) electrons. The van der Waals surface area contributed by atoms with Crippen LogP contribution in [0, 0.1) is 0 Å². The molecule has 0 aromatic rings. The molecule has 0 N–H and O–H groups in total. The van der Waals surface area contributed by atoms with Crippen molar-refractivity contribution in [2.45, 2.75) is 26.2 Å². The van der Waals surface area contributed by atoms with Crippen molar-refractivity contribution in [3.8, 4) is 0 Å². The van der Waals surface area contributed by atoms with Crippen LogP contribution in [-0.4, -0.2) is 26.0 Å². The number of hydrogen-bond donors (Lipinski definition) is 0. The summed E-state index contributed by atoms with van der Waals surface area (Å²) in [5, 5.41) is 0. The fourth-order valence-electron chi connectivity index (χ4n) is 0.569. The van der Waals surface area contributed by atoms with Crippen LogP contribution < -0.4 is 0 Å². The van der Waals surface area contributed by atoms with Crippen LogP contribution in [0.3, 0.4) is 0 Å². The predicted octanol–water partition coefficient (Wildman–Crippen LogP) is 0.429. The van der Waals surface area contributed by atoms with Gasteiger partial charge in [0.05, 0.1) is 0 Å². The van der Waals surface area contributed by atoms with E-state index in [0.29, 0.717) is 6.42 Å². The second kappa shape index (κ2) is 5.26. The maximum absolute atomic E-state index is 10.9. The third-order valence-corrected chi connectivity index (χ3v) is 1.97. The smallest absolute Gasteiger partial charge is 0.233 e. The first-order valence-corrected chi connectivity index (χ1v) is 4.48. The molecule has 11 heavy (non-hydrogen) atoms. The van der Waals surface area contributed by atoms with Crippen LogP contribution in [0.1, 0.15) is 26.2 Å². The number of nitrogens with zero attached hydrogens (tertiary/aromatic N) is 1. The molecule has 0 rings (SSSR count). The molecule has 1 atom stereocenters. The van der Waals surface area contributed by atoms with Crippen LogP contribution in [0.15, 0.2) is 0 Å². The Morgan fingerprint density at radius 1 is 1.64 bits per heavy atom. The summed E-state index contributed by atoms with van der Waals surface area (Å²) in [6.45, 7) is 1.95. The highest BCUT2D eigenvalue weighted by atomic mass is 32.2. The molecule has 0 aliphatic heterocycles. The zero-order valence-corrected chi connectivity index (χ0v) is 7.52. The first-order valence-electron chi connectivity index (χ1n) is 3.45. The highest BCUT2D eigenvalue weighted by Crippen LogP contribution is 1.99. The molecule has 0 aromatic carbocycles. The lowest BCUT2D eigenvalue weighted by molar-refractivity contribution is -0.125. The van der Waals surface area contributed by atoms with Crippen LogP contribution in [-0.2, 0) is 16.1 Å². The zero-order chi connectivity index (χ0) is 8.85. The second-order valence-electron chi connectivity index (χ2n) is 2.21. The van der Waals surface area contributed by atoms with Gasteiger partial charge < -0.3 is 4.55 Å². The van der Waals surface area contributed by atoms with Gasteiger partial charge in [-0.05, 0) is 6.42 Å². The Hall–Kier alpha value is -0.420. The lowest BCUT2D eigenvalue weighted by Crippen LogP contribution is -2.28. The first kappa shape index (κ1) is 10.6. The van der Waals surface area contributed by atoms with Crippen molar-refractivity contribution in [3.63, 3.8) is 0 Å². The van der Waals surface area contributed by atoms with Crippen LogP contribution in [0.4, 0.5) is 0 Å². The fraction of sp³-hybridized carbons (Fsp3) is 0.833. The third kappa shape index (κ3) is 4.10. The average molecular weight is 178 g/mol. The van der Waals surface area contributed by atoms with E-state index in [-0.39, 0.29) is 5.91 Å². The molecule has 0 heterocycles. The second-order valence-corrected chi connectivity index (χ2v) is 3.19. The van der Waals surface area contributed by atoms with Gasteiger partial charge in [-0.15, -0.1) is 0 Å². The number of carbonyl (C=O) groups excluding carboxylic acids is 1. The molecule has 5 heteroatoms. The lowest BCUT2D eigenvalue weighted by Gasteiger charge is -2.18. The van der Waals surface area contributed by atoms with Crippen molar-refractivity contribution in [3.05, 3.63) is 0 Å². The summed E-state index contributed by atoms with van der Waals surface area (Å²) >= 11 is -2.41. The van der Waals surface area contributed by atoms with Gasteiger partial charge in [0, 0.05) is 24.7 Å². The summed E-state index contributed by atoms with van der Waals surface area (Å²) in [5.74, 6) is -0.347. The normalized spacial score (nSPS) is 12.6. The molecule has 66 valence electrons. The molecule has 0 aliphatic carbocycles. The van der Waals surface area contributed by atoms with Gasteiger partial charge in [0.25, 0.3) is 0 Å². The summed E-state index contributed by atoms with van der Waals surface area (Å²) < 4.78 is 21.1. The number of carbonyl (C=O) groups is 1. The Labute approximate surface area is 69.0 Å². The minimum atomic E-state index is -2.41. The Kier molecular flexibility index (Phi) is 5.06. The fourth-order valence-corrected chi connectivity index (χ4v) is 0.826. The van der Waals surface area contributed by atoms with Crippen molar-refractivity contribution in [1.29, 1.82) is 0 Å². The van der Waals surface area contributed by atoms with E-state index >= 15 is 0 Å². The predicted molar refractivity (Wildman–Crippen MR) is 41.2 cm³/mol. The Morgan fingerprint density at radius 2 is 2.18 bits per heavy atom. The van der Waals surface area contributed by atoms with Crippen molar-refractivity contribution in [1.82, 2.24) is 4.31 Å². The SMILES string of the molecule is CCCCC(=O)N(C)S(=O)[O-]. The molecule has 0 spiro atoms. The topological polar surface area (TPSA) is 60.4 Å². The molecule has 0 bridgehead atoms. The van der Waals surface area contributed by atoms with Gasteiger partial charge in [-0.3, -0.25) is 13.3 Å². The van der Waals surface area contributed by atoms with E-state index in [0.717, 1.165) is 17.1 Å². The van der Waals surface area contributed by atoms with Gasteiger partial charge in [-0.2, -0.15) is 0 Å². The highest BCUT2D eigenvalue weighted by Gasteiger charge is 2.06. The van der Waals surface area contributed by atoms with Gasteiger partial charge in [0.1, 0.15) is 0 Å². The number of amides is 1. The Morgan fingerprint density at radius 3 is 2.55 bits per heavy atom. The lowest BCUT2D eigenvalue weighted by atomic mass is 10.2. The largest absolute Gasteiger partial charge is 0.755 e. The van der Waals surface area contributed by atoms with Gasteiger partial charge in [0.15, 0.2) is 0 Å². The number of hydrogen-bond acceptors (Lipinski definition) is 3. The molecule has 0 saturated heterocycles. The number of unbranched alkanes of at least 4 members (excludes halogenated alkanes) is 1. The summed E-state index contributed by atoms with van der Waals surface area (Å²) in [6, 6.07) is 0. The summed E-state index contributed by atoms with van der Waals surface area (Å²) in [5.41, 5.74) is 0. The maximum atomic E-state index is 10.9. The maximum Gasteiger partial charge on any atom is 0.233 e. The van der Waals surface area contributed by atoms with Crippen molar-refractivity contribution in [2.75, 3.05) is 7.05 Å². The van der Waals surface area contributed by atoms with Gasteiger partial charge in [-0.1, -0.05) is 13.3 Å². The van der Waals surface area contributed by atoms with E-state index in [4.69, 9.17) is 0 Å². The van der Waals surface area contributed by atoms with Crippen molar-refractivity contribution >= 4 is 17.2 Å². The van der Waals surface area contributed by atoms with E-state index in [1.54, 1.807) is 0 Å². The van der Waals surface area contributed by atoms with Gasteiger partial charge in [-0.25, -0.2) is 0 Å². The van der Waals surface area contributed by atoms with Crippen molar-refractivity contribution in [2.24, 2.45) is 0 Å². The minimum absolute atomic E-state index is 0.307. The monoisotopic (exact) mass is 178 g/mol. The molecule has 0 aliphatic rings. The molecule has 0 fully saturated rings. The van der Waals surface area contributed by atoms with Gasteiger partial charge in [0.2, 0.25) is 5.91 Å². The van der Waals surface area contributed by atoms with Crippen LogP contribution in [0.25, 0.3) is 0 Å². The van der Waals surface area contributed by atoms with E-state index in [1.807, 2.05) is 6.92 Å². The molecule has 1 amide bonds. The molecule has 4 nitrogen and oxygen atoms in total. The highest BCUT2D eigenvalue weighted by molar-refractivity contribution is 7.77. The first-order chi connectivity index (χ1) is 5.09. The third-order valence-electron chi connectivity index (χ3n) is 1.32. The summed E-state index contributed by atoms with van der Waals surface area (Å²) in [6.07, 6.45) is 1.94.